The zero-order chi connectivity index (χ0) is 19.3. The molecule has 0 bridgehead atoms. The SMILES string of the molecule is CCCC(NC(C)C(=O)N1[C@@H](C(=O)O)C[C@H]2CCCC[C@H]21)C(=O)OCC. The summed E-state index contributed by atoms with van der Waals surface area (Å²) in [6, 6.07) is -1.92. The lowest BCUT2D eigenvalue weighted by Gasteiger charge is -2.35. The average Bonchev–Trinajstić information content (AvgIpc) is 3.00. The number of rotatable bonds is 8. The summed E-state index contributed by atoms with van der Waals surface area (Å²) in [7, 11) is 0. The van der Waals surface area contributed by atoms with Crippen LogP contribution in [0.25, 0.3) is 0 Å². The zero-order valence-corrected chi connectivity index (χ0v) is 16.1. The number of fused-ring (bicyclic) bond motifs is 1. The van der Waals surface area contributed by atoms with E-state index in [4.69, 9.17) is 4.74 Å². The standard InChI is InChI=1S/C19H32N2O5/c1-4-8-14(19(25)26-5-2)20-12(3)17(22)21-15-10-7-6-9-13(15)11-16(21)18(23)24/h12-16,20H,4-11H2,1-3H3,(H,23,24)/t12?,13-,14?,15-,16-/m1/s1. The summed E-state index contributed by atoms with van der Waals surface area (Å²) in [5.74, 6) is -1.24. The molecule has 1 heterocycles. The first kappa shape index (κ1) is 20.7. The van der Waals surface area contributed by atoms with Crippen molar-refractivity contribution in [2.24, 2.45) is 5.92 Å². The van der Waals surface area contributed by atoms with Crippen LogP contribution in [0.15, 0.2) is 0 Å². The minimum Gasteiger partial charge on any atom is -0.480 e. The van der Waals surface area contributed by atoms with Crippen LogP contribution in [0.5, 0.6) is 0 Å². The number of amides is 1. The molecular formula is C19H32N2O5. The second-order valence-electron chi connectivity index (χ2n) is 7.43. The van der Waals surface area contributed by atoms with Crippen LogP contribution in [0.2, 0.25) is 0 Å². The Morgan fingerprint density at radius 2 is 1.92 bits per heavy atom. The molecule has 0 aromatic rings. The molecule has 2 rings (SSSR count). The number of hydrogen-bond acceptors (Lipinski definition) is 5. The van der Waals surface area contributed by atoms with Gasteiger partial charge in [-0.15, -0.1) is 0 Å². The highest BCUT2D eigenvalue weighted by Gasteiger charge is 2.48. The Labute approximate surface area is 155 Å². The number of carboxylic acid groups (broad SMARTS) is 1. The fraction of sp³-hybridized carbons (Fsp3) is 0.842. The van der Waals surface area contributed by atoms with E-state index in [0.29, 0.717) is 19.4 Å². The lowest BCUT2D eigenvalue weighted by Crippen LogP contribution is -2.55. The number of nitrogens with zero attached hydrogens (tertiary/aromatic N) is 1. The Balaban J connectivity index is 2.10. The maximum Gasteiger partial charge on any atom is 0.326 e. The molecule has 1 aliphatic carbocycles. The van der Waals surface area contributed by atoms with Gasteiger partial charge in [0.1, 0.15) is 12.1 Å². The Morgan fingerprint density at radius 1 is 1.23 bits per heavy atom. The van der Waals surface area contributed by atoms with E-state index in [1.165, 1.54) is 0 Å². The Kier molecular flexibility index (Phi) is 7.43. The first-order chi connectivity index (χ1) is 12.4. The first-order valence-electron chi connectivity index (χ1n) is 9.88. The number of hydrogen-bond donors (Lipinski definition) is 2. The van der Waals surface area contributed by atoms with Crippen molar-refractivity contribution in [1.29, 1.82) is 0 Å². The van der Waals surface area contributed by atoms with E-state index in [2.05, 4.69) is 5.32 Å². The molecule has 0 aromatic heterocycles. The molecule has 2 aliphatic rings. The van der Waals surface area contributed by atoms with E-state index in [1.54, 1.807) is 18.7 Å². The number of nitrogens with one attached hydrogen (secondary N) is 1. The third kappa shape index (κ3) is 4.55. The quantitative estimate of drug-likeness (QED) is 0.636. The van der Waals surface area contributed by atoms with Crippen molar-refractivity contribution < 1.29 is 24.2 Å². The zero-order valence-electron chi connectivity index (χ0n) is 16.1. The summed E-state index contributed by atoms with van der Waals surface area (Å²) in [6.45, 7) is 5.72. The molecular weight excluding hydrogens is 336 g/mol. The van der Waals surface area contributed by atoms with Gasteiger partial charge in [0.2, 0.25) is 5.91 Å². The van der Waals surface area contributed by atoms with Gasteiger partial charge in [0.25, 0.3) is 0 Å². The summed E-state index contributed by atoms with van der Waals surface area (Å²) >= 11 is 0. The highest BCUT2D eigenvalue weighted by atomic mass is 16.5. The van der Waals surface area contributed by atoms with Crippen molar-refractivity contribution in [1.82, 2.24) is 10.2 Å². The molecule has 0 spiro atoms. The second kappa shape index (κ2) is 9.35. The Bertz CT molecular complexity index is 524. The predicted molar refractivity (Wildman–Crippen MR) is 96.6 cm³/mol. The van der Waals surface area contributed by atoms with E-state index >= 15 is 0 Å². The lowest BCUT2D eigenvalue weighted by molar-refractivity contribution is -0.152. The average molecular weight is 368 g/mol. The molecule has 2 fully saturated rings. The molecule has 1 saturated heterocycles. The largest absolute Gasteiger partial charge is 0.480 e. The van der Waals surface area contributed by atoms with Crippen molar-refractivity contribution in [3.8, 4) is 0 Å². The number of aliphatic carboxylic acids is 1. The van der Waals surface area contributed by atoms with Crippen LogP contribution in [-0.2, 0) is 19.1 Å². The fourth-order valence-electron chi connectivity index (χ4n) is 4.39. The van der Waals surface area contributed by atoms with Crippen LogP contribution >= 0.6 is 0 Å². The number of carbonyl (C=O) groups excluding carboxylic acids is 2. The van der Waals surface area contributed by atoms with Crippen molar-refractivity contribution in [2.45, 2.75) is 89.9 Å². The van der Waals surface area contributed by atoms with Crippen LogP contribution < -0.4 is 5.32 Å². The molecule has 26 heavy (non-hydrogen) atoms. The number of likely N-dealkylation sites (tertiary alicyclic amines) is 1. The van der Waals surface area contributed by atoms with Gasteiger partial charge in [-0.1, -0.05) is 26.2 Å². The monoisotopic (exact) mass is 368 g/mol. The van der Waals surface area contributed by atoms with Gasteiger partial charge in [-0.25, -0.2) is 4.79 Å². The van der Waals surface area contributed by atoms with Gasteiger partial charge in [-0.05, 0) is 45.4 Å². The van der Waals surface area contributed by atoms with Crippen molar-refractivity contribution in [2.75, 3.05) is 6.61 Å². The number of esters is 1. The van der Waals surface area contributed by atoms with Gasteiger partial charge in [0.15, 0.2) is 0 Å². The van der Waals surface area contributed by atoms with Crippen molar-refractivity contribution in [3.63, 3.8) is 0 Å². The van der Waals surface area contributed by atoms with E-state index in [1.807, 2.05) is 6.92 Å². The van der Waals surface area contributed by atoms with Crippen molar-refractivity contribution in [3.05, 3.63) is 0 Å². The summed E-state index contributed by atoms with van der Waals surface area (Å²) < 4.78 is 5.09. The third-order valence-corrected chi connectivity index (χ3v) is 5.60. The van der Waals surface area contributed by atoms with E-state index < -0.39 is 24.1 Å². The van der Waals surface area contributed by atoms with Crippen LogP contribution in [0.4, 0.5) is 0 Å². The molecule has 148 valence electrons. The fourth-order valence-corrected chi connectivity index (χ4v) is 4.39. The maximum absolute atomic E-state index is 13.1. The van der Waals surface area contributed by atoms with E-state index in [9.17, 15) is 19.5 Å². The van der Waals surface area contributed by atoms with Crippen LogP contribution in [0.3, 0.4) is 0 Å². The molecule has 7 nitrogen and oxygen atoms in total. The van der Waals surface area contributed by atoms with Gasteiger partial charge < -0.3 is 14.7 Å². The maximum atomic E-state index is 13.1. The van der Waals surface area contributed by atoms with Crippen LogP contribution in [-0.4, -0.2) is 58.6 Å². The predicted octanol–water partition coefficient (Wildman–Crippen LogP) is 1.94. The molecule has 1 saturated carbocycles. The molecule has 2 unspecified atom stereocenters. The molecule has 0 aromatic carbocycles. The third-order valence-electron chi connectivity index (χ3n) is 5.60. The van der Waals surface area contributed by atoms with Gasteiger partial charge >= 0.3 is 11.9 Å². The molecule has 2 N–H and O–H groups in total. The van der Waals surface area contributed by atoms with Gasteiger partial charge in [0.05, 0.1) is 12.6 Å². The highest BCUT2D eigenvalue weighted by Crippen LogP contribution is 2.40. The molecule has 1 amide bonds. The Hall–Kier alpha value is -1.63. The Morgan fingerprint density at radius 3 is 2.54 bits per heavy atom. The number of carbonyl (C=O) groups is 3. The number of carboxylic acids is 1. The molecule has 0 radical (unpaired) electrons. The molecule has 5 atom stereocenters. The first-order valence-corrected chi connectivity index (χ1v) is 9.88. The highest BCUT2D eigenvalue weighted by molar-refractivity contribution is 5.88. The second-order valence-corrected chi connectivity index (χ2v) is 7.43. The van der Waals surface area contributed by atoms with Crippen LogP contribution in [0, 0.1) is 5.92 Å². The van der Waals surface area contributed by atoms with E-state index in [0.717, 1.165) is 32.1 Å². The normalized spacial score (nSPS) is 27.5. The molecule has 7 heteroatoms. The summed E-state index contributed by atoms with van der Waals surface area (Å²) in [6.07, 6.45) is 5.87. The summed E-state index contributed by atoms with van der Waals surface area (Å²) in [5.41, 5.74) is 0. The molecule has 1 aliphatic heterocycles. The topological polar surface area (TPSA) is 95.9 Å². The van der Waals surface area contributed by atoms with Crippen LogP contribution in [0.1, 0.15) is 65.7 Å². The minimum absolute atomic E-state index is 0.00817. The van der Waals surface area contributed by atoms with Gasteiger partial charge in [0, 0.05) is 6.04 Å². The smallest absolute Gasteiger partial charge is 0.326 e. The van der Waals surface area contributed by atoms with Crippen molar-refractivity contribution >= 4 is 17.8 Å². The van der Waals surface area contributed by atoms with Gasteiger partial charge in [-0.3, -0.25) is 14.9 Å². The summed E-state index contributed by atoms with van der Waals surface area (Å²) in [4.78, 5) is 38.5. The summed E-state index contributed by atoms with van der Waals surface area (Å²) in [5, 5.41) is 12.7. The lowest BCUT2D eigenvalue weighted by atomic mass is 9.84. The van der Waals surface area contributed by atoms with Gasteiger partial charge in [-0.2, -0.15) is 0 Å². The number of ether oxygens (including phenoxy) is 1. The van der Waals surface area contributed by atoms with E-state index in [-0.39, 0.29) is 23.8 Å². The minimum atomic E-state index is -0.935.